The van der Waals surface area contributed by atoms with Crippen LogP contribution in [-0.2, 0) is 9.84 Å². The summed E-state index contributed by atoms with van der Waals surface area (Å²) in [6.07, 6.45) is 4.70. The third-order valence-corrected chi connectivity index (χ3v) is 5.56. The zero-order valence-electron chi connectivity index (χ0n) is 9.56. The molecule has 5 heteroatoms. The lowest BCUT2D eigenvalue weighted by atomic mass is 9.92. The molecule has 1 saturated heterocycles. The molecule has 0 spiro atoms. The van der Waals surface area contributed by atoms with E-state index in [2.05, 4.69) is 5.32 Å². The molecule has 2 N–H and O–H groups in total. The molecule has 4 nitrogen and oxygen atoms in total. The van der Waals surface area contributed by atoms with E-state index in [0.29, 0.717) is 11.5 Å². The Morgan fingerprint density at radius 2 is 1.94 bits per heavy atom. The Hall–Kier alpha value is -0.130. The smallest absolute Gasteiger partial charge is 0.150 e. The Balaban J connectivity index is 1.75. The van der Waals surface area contributed by atoms with Crippen LogP contribution in [0.2, 0.25) is 0 Å². The van der Waals surface area contributed by atoms with Crippen LogP contribution in [0.25, 0.3) is 0 Å². The lowest BCUT2D eigenvalue weighted by Crippen LogP contribution is -2.44. The molecular formula is C11H21NO3S. The van der Waals surface area contributed by atoms with Crippen LogP contribution < -0.4 is 5.32 Å². The first-order chi connectivity index (χ1) is 7.57. The molecule has 0 radical (unpaired) electrons. The van der Waals surface area contributed by atoms with E-state index in [-0.39, 0.29) is 18.1 Å². The van der Waals surface area contributed by atoms with E-state index in [1.165, 1.54) is 0 Å². The maximum Gasteiger partial charge on any atom is 0.150 e. The fourth-order valence-corrected chi connectivity index (χ4v) is 4.56. The monoisotopic (exact) mass is 247 g/mol. The van der Waals surface area contributed by atoms with Crippen LogP contribution in [-0.4, -0.2) is 43.7 Å². The van der Waals surface area contributed by atoms with Crippen LogP contribution >= 0.6 is 0 Å². The van der Waals surface area contributed by atoms with Crippen molar-refractivity contribution < 1.29 is 13.5 Å². The first-order valence-corrected chi connectivity index (χ1v) is 8.01. The zero-order chi connectivity index (χ0) is 11.6. The maximum atomic E-state index is 11.3. The van der Waals surface area contributed by atoms with Crippen LogP contribution in [0.4, 0.5) is 0 Å². The molecule has 16 heavy (non-hydrogen) atoms. The molecule has 0 bridgehead atoms. The second-order valence-electron chi connectivity index (χ2n) is 5.14. The highest BCUT2D eigenvalue weighted by Gasteiger charge is 2.29. The van der Waals surface area contributed by atoms with E-state index in [1.807, 2.05) is 0 Å². The summed E-state index contributed by atoms with van der Waals surface area (Å²) in [4.78, 5) is 0. The van der Waals surface area contributed by atoms with E-state index < -0.39 is 9.84 Å². The van der Waals surface area contributed by atoms with Gasteiger partial charge in [-0.25, -0.2) is 8.42 Å². The number of aliphatic hydroxyl groups is 1. The van der Waals surface area contributed by atoms with Crippen molar-refractivity contribution in [3.05, 3.63) is 0 Å². The van der Waals surface area contributed by atoms with Crippen molar-refractivity contribution >= 4 is 9.84 Å². The van der Waals surface area contributed by atoms with Crippen LogP contribution in [0.3, 0.4) is 0 Å². The minimum atomic E-state index is -2.76. The average Bonchev–Trinajstić information content (AvgIpc) is 2.57. The summed E-state index contributed by atoms with van der Waals surface area (Å²) < 4.78 is 22.6. The Bertz CT molecular complexity index is 328. The lowest BCUT2D eigenvalue weighted by Gasteiger charge is -2.29. The van der Waals surface area contributed by atoms with Gasteiger partial charge in [0, 0.05) is 6.04 Å². The molecule has 3 atom stereocenters. The van der Waals surface area contributed by atoms with Crippen LogP contribution in [0.1, 0.15) is 32.1 Å². The molecule has 2 fully saturated rings. The highest BCUT2D eigenvalue weighted by molar-refractivity contribution is 7.91. The number of aliphatic hydroxyl groups excluding tert-OH is 1. The molecule has 1 saturated carbocycles. The largest absolute Gasteiger partial charge is 0.392 e. The molecule has 0 aromatic carbocycles. The van der Waals surface area contributed by atoms with Crippen molar-refractivity contribution in [2.45, 2.75) is 44.2 Å². The summed E-state index contributed by atoms with van der Waals surface area (Å²) in [5.74, 6) is 0.911. The average molecular weight is 247 g/mol. The number of hydrogen-bond donors (Lipinski definition) is 2. The third kappa shape index (κ3) is 3.18. The summed E-state index contributed by atoms with van der Waals surface area (Å²) in [5.41, 5.74) is 0. The highest BCUT2D eigenvalue weighted by Crippen LogP contribution is 2.21. The minimum Gasteiger partial charge on any atom is -0.392 e. The molecule has 94 valence electrons. The molecule has 0 aromatic heterocycles. The zero-order valence-corrected chi connectivity index (χ0v) is 10.4. The predicted molar refractivity (Wildman–Crippen MR) is 63.0 cm³/mol. The van der Waals surface area contributed by atoms with Crippen molar-refractivity contribution in [2.75, 3.05) is 18.1 Å². The van der Waals surface area contributed by atoms with Gasteiger partial charge in [0.2, 0.25) is 0 Å². The third-order valence-electron chi connectivity index (χ3n) is 3.72. The lowest BCUT2D eigenvalue weighted by molar-refractivity contribution is 0.0894. The Morgan fingerprint density at radius 3 is 2.56 bits per heavy atom. The van der Waals surface area contributed by atoms with E-state index in [1.54, 1.807) is 0 Å². The fraction of sp³-hybridized carbons (Fsp3) is 1.00. The van der Waals surface area contributed by atoms with E-state index in [9.17, 15) is 13.5 Å². The van der Waals surface area contributed by atoms with Crippen molar-refractivity contribution in [1.82, 2.24) is 5.32 Å². The molecule has 1 aliphatic heterocycles. The molecule has 0 aromatic rings. The minimum absolute atomic E-state index is 0.178. The first-order valence-electron chi connectivity index (χ1n) is 6.19. The predicted octanol–water partition coefficient (Wildman–Crippen LogP) is 0.314. The van der Waals surface area contributed by atoms with Crippen LogP contribution in [0.15, 0.2) is 0 Å². The first kappa shape index (κ1) is 12.3. The van der Waals surface area contributed by atoms with E-state index >= 15 is 0 Å². The number of rotatable bonds is 3. The Labute approximate surface area is 97.3 Å². The number of hydrogen-bond acceptors (Lipinski definition) is 4. The van der Waals surface area contributed by atoms with Gasteiger partial charge < -0.3 is 10.4 Å². The maximum absolute atomic E-state index is 11.3. The summed E-state index contributed by atoms with van der Waals surface area (Å²) in [7, 11) is -2.76. The molecule has 0 amide bonds. The summed E-state index contributed by atoms with van der Waals surface area (Å²) in [5, 5.41) is 13.1. The van der Waals surface area contributed by atoms with Gasteiger partial charge in [0.15, 0.2) is 9.84 Å². The second-order valence-corrected chi connectivity index (χ2v) is 7.36. The fourth-order valence-electron chi connectivity index (χ4n) is 2.70. The number of nitrogens with one attached hydrogen (secondary N) is 1. The van der Waals surface area contributed by atoms with Gasteiger partial charge in [-0.3, -0.25) is 0 Å². The summed E-state index contributed by atoms with van der Waals surface area (Å²) in [6.45, 7) is 0.737. The molecular weight excluding hydrogens is 226 g/mol. The van der Waals surface area contributed by atoms with Crippen molar-refractivity contribution in [3.8, 4) is 0 Å². The standard InChI is InChI=1S/C11H21NO3S/c13-11-4-2-1-3-10(11)12-7-9-5-6-16(14,15)8-9/h9-13H,1-8H2. The molecule has 2 aliphatic rings. The van der Waals surface area contributed by atoms with E-state index in [0.717, 1.165) is 38.6 Å². The van der Waals surface area contributed by atoms with Gasteiger partial charge >= 0.3 is 0 Å². The van der Waals surface area contributed by atoms with Crippen molar-refractivity contribution in [2.24, 2.45) is 5.92 Å². The van der Waals surface area contributed by atoms with Crippen molar-refractivity contribution in [1.29, 1.82) is 0 Å². The molecule has 1 heterocycles. The SMILES string of the molecule is O=S1(=O)CCC(CNC2CCCCC2O)C1. The molecule has 2 rings (SSSR count). The molecule has 3 unspecified atom stereocenters. The van der Waals surface area contributed by atoms with Gasteiger partial charge in [0.05, 0.1) is 17.6 Å². The van der Waals surface area contributed by atoms with Gasteiger partial charge in [-0.1, -0.05) is 12.8 Å². The summed E-state index contributed by atoms with van der Waals surface area (Å²) >= 11 is 0. The topological polar surface area (TPSA) is 66.4 Å². The van der Waals surface area contributed by atoms with E-state index in [4.69, 9.17) is 0 Å². The van der Waals surface area contributed by atoms with Crippen molar-refractivity contribution in [3.63, 3.8) is 0 Å². The molecule has 1 aliphatic carbocycles. The normalized spacial score (nSPS) is 38.7. The van der Waals surface area contributed by atoms with Crippen LogP contribution in [0.5, 0.6) is 0 Å². The second kappa shape index (κ2) is 5.02. The van der Waals surface area contributed by atoms with Gasteiger partial charge in [-0.15, -0.1) is 0 Å². The number of sulfone groups is 1. The van der Waals surface area contributed by atoms with Gasteiger partial charge in [0.1, 0.15) is 0 Å². The Morgan fingerprint density at radius 1 is 1.19 bits per heavy atom. The van der Waals surface area contributed by atoms with Gasteiger partial charge in [-0.05, 0) is 31.7 Å². The highest BCUT2D eigenvalue weighted by atomic mass is 32.2. The van der Waals surface area contributed by atoms with Crippen LogP contribution in [0, 0.1) is 5.92 Å². The Kier molecular flexibility index (Phi) is 3.87. The summed E-state index contributed by atoms with van der Waals surface area (Å²) in [6, 6.07) is 0.178. The van der Waals surface area contributed by atoms with Gasteiger partial charge in [0.25, 0.3) is 0 Å². The quantitative estimate of drug-likeness (QED) is 0.753. The van der Waals surface area contributed by atoms with Gasteiger partial charge in [-0.2, -0.15) is 0 Å².